The van der Waals surface area contributed by atoms with E-state index in [0.717, 1.165) is 76.4 Å². The second-order valence-electron chi connectivity index (χ2n) is 16.0. The minimum absolute atomic E-state index is 0. The number of hydrogen-bond donors (Lipinski definition) is 1. The molecule has 1 unspecified atom stereocenters. The monoisotopic (exact) mass is 592 g/mol. The van der Waals surface area contributed by atoms with E-state index in [4.69, 9.17) is 4.74 Å². The van der Waals surface area contributed by atoms with Crippen LogP contribution >= 0.6 is 0 Å². The van der Waals surface area contributed by atoms with Crippen LogP contribution in [0.3, 0.4) is 0 Å². The first-order valence-electron chi connectivity index (χ1n) is 15.5. The second-order valence-corrected chi connectivity index (χ2v) is 16.0. The summed E-state index contributed by atoms with van der Waals surface area (Å²) in [6.45, 7) is 16.4. The van der Waals surface area contributed by atoms with Crippen molar-refractivity contribution in [2.24, 2.45) is 50.2 Å². The summed E-state index contributed by atoms with van der Waals surface area (Å²) in [7, 11) is 0. The van der Waals surface area contributed by atoms with E-state index in [2.05, 4.69) is 47.6 Å². The van der Waals surface area contributed by atoms with Gasteiger partial charge in [-0.1, -0.05) is 53.2 Å². The number of allylic oxidation sites excluding steroid dienone is 2. The first kappa shape index (κ1) is 33.4. The topological polar surface area (TPSA) is 104 Å². The SMILES string of the molecule is CC1(C)C(OC(=O)/C=C\C(=O)[O-])CC[C@]2(C)[C@H]3CC=C4[C@@H]5C[C@@](C)(C(=O)O)CC[C@]5(C)CC[C@@]4(C)[C@]3(C)CC[C@@H]12.[K+]. The minimum Gasteiger partial charge on any atom is -0.545 e. The molecule has 5 aliphatic rings. The fourth-order valence-corrected chi connectivity index (χ4v) is 11.0. The van der Waals surface area contributed by atoms with Gasteiger partial charge in [0, 0.05) is 11.5 Å². The van der Waals surface area contributed by atoms with Gasteiger partial charge in [-0.2, -0.15) is 0 Å². The number of hydrogen-bond acceptors (Lipinski definition) is 5. The van der Waals surface area contributed by atoms with Gasteiger partial charge in [0.05, 0.1) is 11.4 Å². The fraction of sp³-hybridized carbons (Fsp3) is 0.794. The molecule has 0 bridgehead atoms. The quantitative estimate of drug-likeness (QED) is 0.233. The average Bonchev–Trinajstić information content (AvgIpc) is 2.86. The summed E-state index contributed by atoms with van der Waals surface area (Å²) in [5.74, 6) is -1.46. The molecule has 0 saturated heterocycles. The number of aliphatic carboxylic acids is 2. The van der Waals surface area contributed by atoms with E-state index in [1.165, 1.54) is 0 Å². The summed E-state index contributed by atoms with van der Waals surface area (Å²) in [6.07, 6.45) is 13.8. The average molecular weight is 593 g/mol. The Kier molecular flexibility index (Phi) is 8.85. The Balaban J connectivity index is 0.00000387. The number of carbonyl (C=O) groups is 3. The van der Waals surface area contributed by atoms with Gasteiger partial charge in [0.1, 0.15) is 6.10 Å². The van der Waals surface area contributed by atoms with Gasteiger partial charge in [-0.15, -0.1) is 0 Å². The van der Waals surface area contributed by atoms with Crippen molar-refractivity contribution >= 4 is 17.9 Å². The summed E-state index contributed by atoms with van der Waals surface area (Å²) in [6, 6.07) is 0. The third kappa shape index (κ3) is 5.00. The predicted molar refractivity (Wildman–Crippen MR) is 151 cm³/mol. The van der Waals surface area contributed by atoms with E-state index in [9.17, 15) is 24.6 Å². The van der Waals surface area contributed by atoms with E-state index in [1.807, 2.05) is 6.92 Å². The smallest absolute Gasteiger partial charge is 0.545 e. The van der Waals surface area contributed by atoms with Gasteiger partial charge >= 0.3 is 63.3 Å². The van der Waals surface area contributed by atoms with Crippen LogP contribution in [0.1, 0.15) is 113 Å². The summed E-state index contributed by atoms with van der Waals surface area (Å²) in [5, 5.41) is 20.9. The third-order valence-corrected chi connectivity index (χ3v) is 13.9. The third-order valence-electron chi connectivity index (χ3n) is 13.9. The molecular weight excluding hydrogens is 543 g/mol. The number of ether oxygens (including phenoxy) is 1. The van der Waals surface area contributed by atoms with Crippen LogP contribution in [0.25, 0.3) is 0 Å². The molecule has 222 valence electrons. The maximum atomic E-state index is 12.4. The Bertz CT molecular complexity index is 1170. The molecule has 5 aliphatic carbocycles. The van der Waals surface area contributed by atoms with Gasteiger partial charge in [-0.05, 0) is 117 Å². The molecule has 0 spiro atoms. The Morgan fingerprint density at radius 3 is 2.20 bits per heavy atom. The standard InChI is InChI=1S/C34H50O6.K/c1-29(2)23-12-15-34(7)24(32(23,5)14-13-25(29)40-27(37)11-10-26(35)36)9-8-21-22-20-31(4,28(38)39)17-16-30(22,3)18-19-33(21,34)6;/h8,10-11,22-25H,9,12-20H2,1-7H3,(H,35,36)(H,38,39);/q;+1/p-1/b11-10-;/t22-,23-,24+,25?,30+,31-,32-,33+,34+;/m0./s1. The first-order chi connectivity index (χ1) is 18.4. The van der Waals surface area contributed by atoms with Crippen LogP contribution in [0.15, 0.2) is 23.8 Å². The molecule has 0 heterocycles. The molecule has 0 aromatic heterocycles. The van der Waals surface area contributed by atoms with Crippen molar-refractivity contribution in [1.29, 1.82) is 0 Å². The van der Waals surface area contributed by atoms with Crippen molar-refractivity contribution in [3.63, 3.8) is 0 Å². The number of esters is 1. The van der Waals surface area contributed by atoms with Crippen molar-refractivity contribution in [3.05, 3.63) is 23.8 Å². The summed E-state index contributed by atoms with van der Waals surface area (Å²) in [5.41, 5.74) is 1.11. The van der Waals surface area contributed by atoms with Crippen LogP contribution in [0, 0.1) is 50.2 Å². The van der Waals surface area contributed by atoms with Crippen LogP contribution in [-0.4, -0.2) is 29.1 Å². The molecule has 6 nitrogen and oxygen atoms in total. The molecular formula is C34H49KO6. The van der Waals surface area contributed by atoms with Crippen LogP contribution in [0.2, 0.25) is 0 Å². The molecule has 7 heteroatoms. The van der Waals surface area contributed by atoms with E-state index < -0.39 is 23.3 Å². The Labute approximate surface area is 288 Å². The normalized spacial score (nSPS) is 46.5. The molecule has 9 atom stereocenters. The van der Waals surface area contributed by atoms with Crippen molar-refractivity contribution in [2.45, 2.75) is 119 Å². The maximum absolute atomic E-state index is 12.4. The van der Waals surface area contributed by atoms with Gasteiger partial charge in [0.2, 0.25) is 0 Å². The maximum Gasteiger partial charge on any atom is 1.00 e. The van der Waals surface area contributed by atoms with E-state index in [-0.39, 0.29) is 84.6 Å². The van der Waals surface area contributed by atoms with E-state index in [1.54, 1.807) is 5.57 Å². The molecule has 41 heavy (non-hydrogen) atoms. The first-order valence-corrected chi connectivity index (χ1v) is 15.5. The van der Waals surface area contributed by atoms with Crippen molar-refractivity contribution < 1.29 is 80.7 Å². The molecule has 0 aliphatic heterocycles. The van der Waals surface area contributed by atoms with Crippen molar-refractivity contribution in [2.75, 3.05) is 0 Å². The number of rotatable bonds is 4. The van der Waals surface area contributed by atoms with E-state index >= 15 is 0 Å². The fourth-order valence-electron chi connectivity index (χ4n) is 11.0. The van der Waals surface area contributed by atoms with Crippen molar-refractivity contribution in [3.8, 4) is 0 Å². The molecule has 4 fully saturated rings. The Hall–Kier alpha value is -0.474. The molecule has 0 radical (unpaired) electrons. The van der Waals surface area contributed by atoms with Gasteiger partial charge in [0.25, 0.3) is 0 Å². The molecule has 0 aromatic carbocycles. The number of fused-ring (bicyclic) bond motifs is 7. The van der Waals surface area contributed by atoms with Crippen LogP contribution in [0.4, 0.5) is 0 Å². The summed E-state index contributed by atoms with van der Waals surface area (Å²) < 4.78 is 5.85. The minimum atomic E-state index is -1.40. The second kappa shape index (κ2) is 10.9. The van der Waals surface area contributed by atoms with Gasteiger partial charge in [-0.25, -0.2) is 4.79 Å². The number of carbonyl (C=O) groups excluding carboxylic acids is 2. The van der Waals surface area contributed by atoms with Gasteiger partial charge in [0.15, 0.2) is 0 Å². The van der Waals surface area contributed by atoms with E-state index in [0.29, 0.717) is 17.8 Å². The number of carboxylic acids is 2. The zero-order valence-corrected chi connectivity index (χ0v) is 29.7. The molecule has 0 aromatic rings. The summed E-state index contributed by atoms with van der Waals surface area (Å²) in [4.78, 5) is 35.5. The molecule has 0 amide bonds. The Morgan fingerprint density at radius 1 is 0.902 bits per heavy atom. The van der Waals surface area contributed by atoms with Crippen LogP contribution in [-0.2, 0) is 19.1 Å². The molecule has 4 saturated carbocycles. The van der Waals surface area contributed by atoms with Gasteiger partial charge < -0.3 is 19.7 Å². The Morgan fingerprint density at radius 2 is 1.56 bits per heavy atom. The zero-order chi connectivity index (χ0) is 29.5. The van der Waals surface area contributed by atoms with Crippen LogP contribution in [0.5, 0.6) is 0 Å². The zero-order valence-electron chi connectivity index (χ0n) is 26.6. The van der Waals surface area contributed by atoms with Crippen LogP contribution < -0.4 is 56.5 Å². The largest absolute Gasteiger partial charge is 1.00 e. The molecule has 1 N–H and O–H groups in total. The predicted octanol–water partition coefficient (Wildman–Crippen LogP) is 3.09. The van der Waals surface area contributed by atoms with Crippen molar-refractivity contribution in [1.82, 2.24) is 0 Å². The molecule has 5 rings (SSSR count). The summed E-state index contributed by atoms with van der Waals surface area (Å²) >= 11 is 0. The number of carboxylic acid groups (broad SMARTS) is 2. The van der Waals surface area contributed by atoms with Gasteiger partial charge in [-0.3, -0.25) is 4.79 Å².